The maximum atomic E-state index is 12.8. The minimum atomic E-state index is -3.81. The number of sulfone groups is 1. The lowest BCUT2D eigenvalue weighted by Crippen LogP contribution is -2.24. The maximum Gasteiger partial charge on any atom is 0.241 e. The number of nitrogens with one attached hydrogen (secondary N) is 1. The summed E-state index contributed by atoms with van der Waals surface area (Å²) in [5.74, 6) is -1.53. The van der Waals surface area contributed by atoms with Gasteiger partial charge in [-0.2, -0.15) is 5.10 Å². The molecule has 8 heteroatoms. The van der Waals surface area contributed by atoms with Gasteiger partial charge in [-0.3, -0.25) is 9.48 Å². The highest BCUT2D eigenvalue weighted by Crippen LogP contribution is 2.13. The molecule has 0 spiro atoms. The fraction of sp³-hybridized carbons (Fsp3) is 0.231. The molecule has 1 heterocycles. The summed E-state index contributed by atoms with van der Waals surface area (Å²) in [4.78, 5) is 11.7. The van der Waals surface area contributed by atoms with E-state index in [0.29, 0.717) is 11.5 Å². The first-order valence-corrected chi connectivity index (χ1v) is 7.72. The average molecular weight is 311 g/mol. The van der Waals surface area contributed by atoms with Crippen molar-refractivity contribution in [2.75, 3.05) is 11.1 Å². The van der Waals surface area contributed by atoms with Crippen LogP contribution in [0.3, 0.4) is 0 Å². The molecule has 0 saturated carbocycles. The molecule has 2 rings (SSSR count). The second-order valence-electron chi connectivity index (χ2n) is 4.56. The number of amides is 1. The summed E-state index contributed by atoms with van der Waals surface area (Å²) in [5, 5.41) is 6.52. The van der Waals surface area contributed by atoms with Crippen molar-refractivity contribution in [2.45, 2.75) is 11.8 Å². The molecule has 0 aliphatic carbocycles. The van der Waals surface area contributed by atoms with Gasteiger partial charge < -0.3 is 5.32 Å². The van der Waals surface area contributed by atoms with Crippen LogP contribution < -0.4 is 5.32 Å². The number of anilines is 1. The number of aromatic nitrogens is 2. The SMILES string of the molecule is Cc1cc(NC(=O)CS(=O)(=O)c2ccc(F)cc2)n(C)n1. The molecule has 0 aliphatic heterocycles. The van der Waals surface area contributed by atoms with Gasteiger partial charge in [0.15, 0.2) is 9.84 Å². The van der Waals surface area contributed by atoms with Crippen LogP contribution in [0.4, 0.5) is 10.2 Å². The van der Waals surface area contributed by atoms with Crippen molar-refractivity contribution in [3.8, 4) is 0 Å². The Labute approximate surface area is 121 Å². The Bertz CT molecular complexity index is 766. The van der Waals surface area contributed by atoms with Crippen LogP contribution in [0.2, 0.25) is 0 Å². The molecule has 0 radical (unpaired) electrons. The van der Waals surface area contributed by atoms with Crippen molar-refractivity contribution in [3.05, 3.63) is 41.8 Å². The highest BCUT2D eigenvalue weighted by molar-refractivity contribution is 7.92. The fourth-order valence-electron chi connectivity index (χ4n) is 1.80. The molecule has 0 saturated heterocycles. The van der Waals surface area contributed by atoms with E-state index >= 15 is 0 Å². The third-order valence-electron chi connectivity index (χ3n) is 2.76. The highest BCUT2D eigenvalue weighted by atomic mass is 32.2. The molecular formula is C13H14FN3O3S. The quantitative estimate of drug-likeness (QED) is 0.863. The molecule has 6 nitrogen and oxygen atoms in total. The molecule has 21 heavy (non-hydrogen) atoms. The van der Waals surface area contributed by atoms with Gasteiger partial charge in [-0.05, 0) is 31.2 Å². The van der Waals surface area contributed by atoms with Crippen LogP contribution in [0.1, 0.15) is 5.69 Å². The topological polar surface area (TPSA) is 81.1 Å². The zero-order valence-corrected chi connectivity index (χ0v) is 12.3. The monoisotopic (exact) mass is 311 g/mol. The summed E-state index contributed by atoms with van der Waals surface area (Å²) in [5.41, 5.74) is 0.703. The molecule has 1 N–H and O–H groups in total. The third kappa shape index (κ3) is 3.66. The second-order valence-corrected chi connectivity index (χ2v) is 6.55. The minimum Gasteiger partial charge on any atom is -0.310 e. The summed E-state index contributed by atoms with van der Waals surface area (Å²) < 4.78 is 38.3. The van der Waals surface area contributed by atoms with Crippen LogP contribution in [0.25, 0.3) is 0 Å². The Morgan fingerprint density at radius 1 is 1.33 bits per heavy atom. The summed E-state index contributed by atoms with van der Waals surface area (Å²) >= 11 is 0. The van der Waals surface area contributed by atoms with E-state index in [4.69, 9.17) is 0 Å². The van der Waals surface area contributed by atoms with Crippen molar-refractivity contribution in [3.63, 3.8) is 0 Å². The van der Waals surface area contributed by atoms with Crippen LogP contribution in [0, 0.1) is 12.7 Å². The molecule has 1 amide bonds. The zero-order valence-electron chi connectivity index (χ0n) is 11.5. The van der Waals surface area contributed by atoms with E-state index in [2.05, 4.69) is 10.4 Å². The number of aryl methyl sites for hydroxylation is 2. The fourth-order valence-corrected chi connectivity index (χ4v) is 2.94. The van der Waals surface area contributed by atoms with Crippen molar-refractivity contribution < 1.29 is 17.6 Å². The van der Waals surface area contributed by atoms with Gasteiger partial charge in [0.1, 0.15) is 17.4 Å². The first-order chi connectivity index (χ1) is 9.78. The van der Waals surface area contributed by atoms with Crippen LogP contribution in [0.5, 0.6) is 0 Å². The van der Waals surface area contributed by atoms with Gasteiger partial charge in [-0.25, -0.2) is 12.8 Å². The maximum absolute atomic E-state index is 12.8. The minimum absolute atomic E-state index is 0.0970. The second kappa shape index (κ2) is 5.65. The van der Waals surface area contributed by atoms with Crippen molar-refractivity contribution >= 4 is 21.6 Å². The number of carbonyl (C=O) groups excluding carboxylic acids is 1. The Kier molecular flexibility index (Phi) is 4.08. The van der Waals surface area contributed by atoms with E-state index in [-0.39, 0.29) is 4.90 Å². The van der Waals surface area contributed by atoms with Crippen LogP contribution in [-0.2, 0) is 21.7 Å². The number of hydrogen-bond donors (Lipinski definition) is 1. The molecule has 0 aliphatic rings. The van der Waals surface area contributed by atoms with Crippen LogP contribution in [0.15, 0.2) is 35.2 Å². The van der Waals surface area contributed by atoms with E-state index in [1.807, 2.05) is 0 Å². The number of nitrogens with zero attached hydrogens (tertiary/aromatic N) is 2. The summed E-state index contributed by atoms with van der Waals surface area (Å²) in [6, 6.07) is 5.96. The van der Waals surface area contributed by atoms with Crippen molar-refractivity contribution in [1.29, 1.82) is 0 Å². The number of halogens is 1. The summed E-state index contributed by atoms with van der Waals surface area (Å²) in [6.07, 6.45) is 0. The van der Waals surface area contributed by atoms with E-state index in [0.717, 1.165) is 24.3 Å². The molecular weight excluding hydrogens is 297 g/mol. The lowest BCUT2D eigenvalue weighted by Gasteiger charge is -2.06. The first-order valence-electron chi connectivity index (χ1n) is 6.07. The molecule has 0 atom stereocenters. The van der Waals surface area contributed by atoms with Gasteiger partial charge in [0.2, 0.25) is 5.91 Å². The predicted molar refractivity (Wildman–Crippen MR) is 75.0 cm³/mol. The van der Waals surface area contributed by atoms with Gasteiger partial charge in [0, 0.05) is 13.1 Å². The Hall–Kier alpha value is -2.22. The highest BCUT2D eigenvalue weighted by Gasteiger charge is 2.20. The number of hydrogen-bond acceptors (Lipinski definition) is 4. The normalized spacial score (nSPS) is 11.4. The van der Waals surface area contributed by atoms with E-state index < -0.39 is 27.3 Å². The Morgan fingerprint density at radius 3 is 2.48 bits per heavy atom. The smallest absolute Gasteiger partial charge is 0.241 e. The Balaban J connectivity index is 2.11. The molecule has 0 fully saturated rings. The average Bonchev–Trinajstić information content (AvgIpc) is 2.67. The van der Waals surface area contributed by atoms with E-state index in [1.165, 1.54) is 4.68 Å². The lowest BCUT2D eigenvalue weighted by molar-refractivity contribution is -0.113. The molecule has 112 valence electrons. The summed E-state index contributed by atoms with van der Waals surface area (Å²) in [7, 11) is -2.17. The largest absolute Gasteiger partial charge is 0.310 e. The van der Waals surface area contributed by atoms with Gasteiger partial charge in [0.05, 0.1) is 10.6 Å². The molecule has 1 aromatic heterocycles. The van der Waals surface area contributed by atoms with Crippen LogP contribution >= 0.6 is 0 Å². The Morgan fingerprint density at radius 2 is 1.95 bits per heavy atom. The van der Waals surface area contributed by atoms with Gasteiger partial charge in [0.25, 0.3) is 0 Å². The third-order valence-corrected chi connectivity index (χ3v) is 4.40. The van der Waals surface area contributed by atoms with Crippen LogP contribution in [-0.4, -0.2) is 29.9 Å². The summed E-state index contributed by atoms with van der Waals surface area (Å²) in [6.45, 7) is 1.75. The molecule has 2 aromatic rings. The first kappa shape index (κ1) is 15.2. The van der Waals surface area contributed by atoms with Gasteiger partial charge >= 0.3 is 0 Å². The van der Waals surface area contributed by atoms with E-state index in [9.17, 15) is 17.6 Å². The zero-order chi connectivity index (χ0) is 15.6. The predicted octanol–water partition coefficient (Wildman–Crippen LogP) is 1.28. The number of carbonyl (C=O) groups is 1. The van der Waals surface area contributed by atoms with Crippen molar-refractivity contribution in [1.82, 2.24) is 9.78 Å². The molecule has 0 bridgehead atoms. The standard InChI is InChI=1S/C13H14FN3O3S/c1-9-7-12(17(2)16-9)15-13(18)8-21(19,20)11-5-3-10(14)4-6-11/h3-7H,8H2,1-2H3,(H,15,18). The van der Waals surface area contributed by atoms with Gasteiger partial charge in [-0.1, -0.05) is 0 Å². The number of benzene rings is 1. The molecule has 1 aromatic carbocycles. The molecule has 0 unspecified atom stereocenters. The van der Waals surface area contributed by atoms with Gasteiger partial charge in [-0.15, -0.1) is 0 Å². The number of rotatable bonds is 4. The van der Waals surface area contributed by atoms with Crippen molar-refractivity contribution in [2.24, 2.45) is 7.05 Å². The lowest BCUT2D eigenvalue weighted by atomic mass is 10.4. The van der Waals surface area contributed by atoms with E-state index in [1.54, 1.807) is 20.0 Å².